The summed E-state index contributed by atoms with van der Waals surface area (Å²) < 4.78 is 0. The molecule has 1 atom stereocenters. The highest BCUT2D eigenvalue weighted by Crippen LogP contribution is 2.41. The lowest BCUT2D eigenvalue weighted by Gasteiger charge is -2.27. The maximum atomic E-state index is 3.35. The van der Waals surface area contributed by atoms with Gasteiger partial charge in [-0.05, 0) is 50.6 Å². The maximum absolute atomic E-state index is 3.35. The van der Waals surface area contributed by atoms with Crippen LogP contribution in [0.15, 0.2) is 0 Å². The molecular weight excluding hydrogens is 146 g/mol. The summed E-state index contributed by atoms with van der Waals surface area (Å²) in [6.45, 7) is 1.26. The molecule has 3 rings (SSSR count). The van der Waals surface area contributed by atoms with E-state index in [2.05, 4.69) is 12.4 Å². The lowest BCUT2D eigenvalue weighted by Crippen LogP contribution is -2.25. The Kier molecular flexibility index (Phi) is 2.69. The van der Waals surface area contributed by atoms with Crippen molar-refractivity contribution in [2.24, 2.45) is 17.8 Å². The summed E-state index contributed by atoms with van der Waals surface area (Å²) in [6.07, 6.45) is 9.13. The predicted octanol–water partition coefficient (Wildman–Crippen LogP) is 2.42. The fourth-order valence-electron chi connectivity index (χ4n) is 3.16. The minimum Gasteiger partial charge on any atom is -0.319 e. The molecule has 0 saturated heterocycles. The van der Waals surface area contributed by atoms with Gasteiger partial charge in [0.1, 0.15) is 0 Å². The van der Waals surface area contributed by atoms with E-state index in [-0.39, 0.29) is 0 Å². The van der Waals surface area contributed by atoms with E-state index in [4.69, 9.17) is 0 Å². The Bertz CT molecular complexity index is 136. The SMILES string of the molecule is CNCC1CCC2CCC1CC2. The van der Waals surface area contributed by atoms with Gasteiger partial charge in [-0.1, -0.05) is 19.3 Å². The van der Waals surface area contributed by atoms with Crippen LogP contribution >= 0.6 is 0 Å². The minimum absolute atomic E-state index is 1.00. The first-order valence-corrected chi connectivity index (χ1v) is 5.54. The van der Waals surface area contributed by atoms with Gasteiger partial charge in [-0.25, -0.2) is 0 Å². The van der Waals surface area contributed by atoms with Gasteiger partial charge in [-0.15, -0.1) is 0 Å². The largest absolute Gasteiger partial charge is 0.319 e. The van der Waals surface area contributed by atoms with E-state index < -0.39 is 0 Å². The average molecular weight is 167 g/mol. The van der Waals surface area contributed by atoms with Gasteiger partial charge in [0.2, 0.25) is 0 Å². The van der Waals surface area contributed by atoms with Crippen molar-refractivity contribution in [2.45, 2.75) is 38.5 Å². The molecule has 0 aliphatic heterocycles. The molecule has 0 heterocycles. The normalized spacial score (nSPS) is 41.2. The Morgan fingerprint density at radius 2 is 1.67 bits per heavy atom. The molecule has 0 spiro atoms. The van der Waals surface area contributed by atoms with Gasteiger partial charge in [0.05, 0.1) is 0 Å². The molecule has 0 aromatic heterocycles. The fraction of sp³-hybridized carbons (Fsp3) is 1.00. The third-order valence-electron chi connectivity index (χ3n) is 3.97. The smallest absolute Gasteiger partial charge is 0.00209 e. The van der Waals surface area contributed by atoms with E-state index in [1.165, 1.54) is 45.1 Å². The Morgan fingerprint density at radius 1 is 1.00 bits per heavy atom. The van der Waals surface area contributed by atoms with Crippen molar-refractivity contribution in [2.75, 3.05) is 13.6 Å². The molecule has 0 aromatic rings. The van der Waals surface area contributed by atoms with Gasteiger partial charge in [0, 0.05) is 0 Å². The van der Waals surface area contributed by atoms with Crippen LogP contribution in [0.3, 0.4) is 0 Å². The molecule has 0 amide bonds. The van der Waals surface area contributed by atoms with Gasteiger partial charge < -0.3 is 5.32 Å². The van der Waals surface area contributed by atoms with Crippen molar-refractivity contribution in [3.8, 4) is 0 Å². The van der Waals surface area contributed by atoms with Gasteiger partial charge in [0.15, 0.2) is 0 Å². The molecule has 2 bridgehead atoms. The van der Waals surface area contributed by atoms with Crippen molar-refractivity contribution in [3.63, 3.8) is 0 Å². The Morgan fingerprint density at radius 3 is 2.33 bits per heavy atom. The lowest BCUT2D eigenvalue weighted by atomic mass is 9.80. The molecule has 1 N–H and O–H groups in total. The first-order valence-electron chi connectivity index (χ1n) is 5.54. The highest BCUT2D eigenvalue weighted by atomic mass is 14.8. The monoisotopic (exact) mass is 167 g/mol. The molecular formula is C11H21N. The van der Waals surface area contributed by atoms with Crippen LogP contribution in [0.4, 0.5) is 0 Å². The Labute approximate surface area is 75.9 Å². The standard InChI is InChI=1S/C11H21N/c1-12-8-11-7-4-9-2-5-10(11)6-3-9/h9-12H,2-8H2,1H3. The van der Waals surface area contributed by atoms with Crippen molar-refractivity contribution in [1.82, 2.24) is 5.32 Å². The van der Waals surface area contributed by atoms with Gasteiger partial charge in [0.25, 0.3) is 0 Å². The van der Waals surface area contributed by atoms with Crippen LogP contribution in [-0.4, -0.2) is 13.6 Å². The second-order valence-electron chi connectivity index (χ2n) is 4.68. The molecule has 3 aliphatic carbocycles. The van der Waals surface area contributed by atoms with E-state index in [1.54, 1.807) is 0 Å². The Balaban J connectivity index is 1.96. The molecule has 1 nitrogen and oxygen atoms in total. The number of hydrogen-bond donors (Lipinski definition) is 1. The topological polar surface area (TPSA) is 12.0 Å². The van der Waals surface area contributed by atoms with E-state index in [0.717, 1.165) is 17.8 Å². The zero-order valence-corrected chi connectivity index (χ0v) is 8.18. The second-order valence-corrected chi connectivity index (χ2v) is 4.68. The Hall–Kier alpha value is -0.0400. The summed E-state index contributed by atoms with van der Waals surface area (Å²) >= 11 is 0. The fourth-order valence-corrected chi connectivity index (χ4v) is 3.16. The number of fused-ring (bicyclic) bond motifs is 4. The predicted molar refractivity (Wildman–Crippen MR) is 52.1 cm³/mol. The minimum atomic E-state index is 1.00. The summed E-state index contributed by atoms with van der Waals surface area (Å²) in [4.78, 5) is 0. The first-order chi connectivity index (χ1) is 5.90. The first kappa shape index (κ1) is 8.55. The molecule has 3 aliphatic rings. The molecule has 70 valence electrons. The molecule has 12 heavy (non-hydrogen) atoms. The molecule has 0 radical (unpaired) electrons. The summed E-state index contributed by atoms with van der Waals surface area (Å²) in [7, 11) is 2.09. The van der Waals surface area contributed by atoms with E-state index >= 15 is 0 Å². The average Bonchev–Trinajstić information content (AvgIpc) is 2.40. The quantitative estimate of drug-likeness (QED) is 0.666. The molecule has 3 fully saturated rings. The second kappa shape index (κ2) is 3.78. The van der Waals surface area contributed by atoms with E-state index in [9.17, 15) is 0 Å². The summed E-state index contributed by atoms with van der Waals surface area (Å²) in [6, 6.07) is 0. The van der Waals surface area contributed by atoms with Gasteiger partial charge >= 0.3 is 0 Å². The molecule has 0 aromatic carbocycles. The van der Waals surface area contributed by atoms with Crippen LogP contribution in [0.2, 0.25) is 0 Å². The van der Waals surface area contributed by atoms with Crippen LogP contribution < -0.4 is 5.32 Å². The van der Waals surface area contributed by atoms with Crippen molar-refractivity contribution in [1.29, 1.82) is 0 Å². The summed E-state index contributed by atoms with van der Waals surface area (Å²) in [5.74, 6) is 3.17. The molecule has 1 heteroatoms. The van der Waals surface area contributed by atoms with Crippen molar-refractivity contribution < 1.29 is 0 Å². The van der Waals surface area contributed by atoms with Crippen molar-refractivity contribution in [3.05, 3.63) is 0 Å². The molecule has 1 unspecified atom stereocenters. The van der Waals surface area contributed by atoms with Crippen molar-refractivity contribution >= 4 is 0 Å². The third kappa shape index (κ3) is 1.66. The van der Waals surface area contributed by atoms with Crippen LogP contribution in [0.1, 0.15) is 38.5 Å². The highest BCUT2D eigenvalue weighted by molar-refractivity contribution is 4.83. The zero-order valence-electron chi connectivity index (χ0n) is 8.18. The van der Waals surface area contributed by atoms with E-state index in [1.807, 2.05) is 0 Å². The highest BCUT2D eigenvalue weighted by Gasteiger charge is 2.31. The van der Waals surface area contributed by atoms with Gasteiger partial charge in [-0.3, -0.25) is 0 Å². The number of rotatable bonds is 2. The van der Waals surface area contributed by atoms with Gasteiger partial charge in [-0.2, -0.15) is 0 Å². The van der Waals surface area contributed by atoms with Crippen LogP contribution in [-0.2, 0) is 0 Å². The lowest BCUT2D eigenvalue weighted by molar-refractivity contribution is 0.254. The van der Waals surface area contributed by atoms with E-state index in [0.29, 0.717) is 0 Å². The third-order valence-corrected chi connectivity index (χ3v) is 3.97. The zero-order chi connectivity index (χ0) is 8.39. The summed E-state index contributed by atoms with van der Waals surface area (Å²) in [5, 5.41) is 3.35. The summed E-state index contributed by atoms with van der Waals surface area (Å²) in [5.41, 5.74) is 0. The maximum Gasteiger partial charge on any atom is -0.00209 e. The van der Waals surface area contributed by atoms with Crippen LogP contribution in [0.5, 0.6) is 0 Å². The number of hydrogen-bond acceptors (Lipinski definition) is 1. The number of nitrogens with one attached hydrogen (secondary N) is 1. The van der Waals surface area contributed by atoms with Crippen LogP contribution in [0.25, 0.3) is 0 Å². The molecule has 3 saturated carbocycles. The van der Waals surface area contributed by atoms with Crippen LogP contribution in [0, 0.1) is 17.8 Å².